The van der Waals surface area contributed by atoms with E-state index in [-0.39, 0.29) is 12.3 Å². The lowest BCUT2D eigenvalue weighted by Gasteiger charge is -2.05. The number of rotatable bonds is 2. The maximum absolute atomic E-state index is 12.7. The van der Waals surface area contributed by atoms with Gasteiger partial charge in [0.05, 0.1) is 0 Å². The molecule has 0 aliphatic carbocycles. The van der Waals surface area contributed by atoms with Crippen molar-refractivity contribution in [1.29, 1.82) is 0 Å². The van der Waals surface area contributed by atoms with Crippen LogP contribution in [0.2, 0.25) is 0 Å². The molecule has 0 amide bonds. The minimum atomic E-state index is -0.651. The summed E-state index contributed by atoms with van der Waals surface area (Å²) in [6.45, 7) is 3.80. The number of phenols is 1. The minimum absolute atomic E-state index is 0.205. The highest BCUT2D eigenvalue weighted by atomic mass is 19.1. The van der Waals surface area contributed by atoms with Crippen LogP contribution in [0.3, 0.4) is 0 Å². The van der Waals surface area contributed by atoms with Gasteiger partial charge in [-0.3, -0.25) is 0 Å². The molecule has 0 spiro atoms. The van der Waals surface area contributed by atoms with Gasteiger partial charge in [-0.1, -0.05) is 18.7 Å². The molecule has 0 saturated carbocycles. The normalized spacial score (nSPS) is 9.83. The van der Waals surface area contributed by atoms with E-state index in [2.05, 4.69) is 6.58 Å². The van der Waals surface area contributed by atoms with Gasteiger partial charge >= 0.3 is 0 Å². The van der Waals surface area contributed by atoms with E-state index in [1.165, 1.54) is 12.1 Å². The molecule has 0 heterocycles. The zero-order chi connectivity index (χ0) is 9.14. The predicted molar refractivity (Wildman–Crippen MR) is 46.2 cm³/mol. The molecule has 64 valence electrons. The third-order valence-electron chi connectivity index (χ3n) is 1.61. The fourth-order valence-corrected chi connectivity index (χ4v) is 0.911. The Kier molecular flexibility index (Phi) is 2.45. The Morgan fingerprint density at radius 2 is 2.25 bits per heavy atom. The van der Waals surface area contributed by atoms with Gasteiger partial charge in [0, 0.05) is 12.1 Å². The highest BCUT2D eigenvalue weighted by molar-refractivity contribution is 5.69. The van der Waals surface area contributed by atoms with Crippen LogP contribution in [-0.4, -0.2) is 11.7 Å². The molecule has 3 heteroatoms. The van der Waals surface area contributed by atoms with Gasteiger partial charge < -0.3 is 10.8 Å². The van der Waals surface area contributed by atoms with Crippen molar-refractivity contribution in [2.75, 3.05) is 6.54 Å². The molecule has 3 N–H and O–H groups in total. The van der Waals surface area contributed by atoms with E-state index >= 15 is 0 Å². The summed E-state index contributed by atoms with van der Waals surface area (Å²) in [5.74, 6) is -1.03. The number of hydrogen-bond donors (Lipinski definition) is 2. The third-order valence-corrected chi connectivity index (χ3v) is 1.61. The van der Waals surface area contributed by atoms with Crippen molar-refractivity contribution >= 4 is 5.57 Å². The third kappa shape index (κ3) is 1.46. The van der Waals surface area contributed by atoms with E-state index in [0.717, 1.165) is 0 Å². The van der Waals surface area contributed by atoms with E-state index in [0.29, 0.717) is 11.1 Å². The van der Waals surface area contributed by atoms with Crippen LogP contribution in [0.15, 0.2) is 24.8 Å². The number of hydrogen-bond acceptors (Lipinski definition) is 2. The second kappa shape index (κ2) is 3.36. The summed E-state index contributed by atoms with van der Waals surface area (Å²) in [6.07, 6.45) is 0. The second-order valence-corrected chi connectivity index (χ2v) is 2.44. The van der Waals surface area contributed by atoms with Crippen molar-refractivity contribution in [3.63, 3.8) is 0 Å². The summed E-state index contributed by atoms with van der Waals surface area (Å²) in [4.78, 5) is 0. The first-order valence-corrected chi connectivity index (χ1v) is 3.52. The lowest BCUT2D eigenvalue weighted by atomic mass is 10.1. The first kappa shape index (κ1) is 8.74. The van der Waals surface area contributed by atoms with Gasteiger partial charge in [0.2, 0.25) is 0 Å². The summed E-state index contributed by atoms with van der Waals surface area (Å²) in [5, 5.41) is 9.21. The zero-order valence-corrected chi connectivity index (χ0v) is 6.55. The van der Waals surface area contributed by atoms with Crippen LogP contribution in [0.25, 0.3) is 5.57 Å². The maximum atomic E-state index is 12.7. The van der Waals surface area contributed by atoms with Crippen LogP contribution < -0.4 is 5.73 Å². The Hall–Kier alpha value is -1.35. The second-order valence-electron chi connectivity index (χ2n) is 2.44. The first-order valence-electron chi connectivity index (χ1n) is 3.52. The van der Waals surface area contributed by atoms with Gasteiger partial charge in [-0.15, -0.1) is 0 Å². The highest BCUT2D eigenvalue weighted by Crippen LogP contribution is 2.25. The predicted octanol–water partition coefficient (Wildman–Crippen LogP) is 1.50. The maximum Gasteiger partial charge on any atom is 0.165 e. The van der Waals surface area contributed by atoms with Crippen molar-refractivity contribution in [2.24, 2.45) is 5.73 Å². The lowest BCUT2D eigenvalue weighted by Crippen LogP contribution is -2.01. The Morgan fingerprint density at radius 1 is 1.58 bits per heavy atom. The van der Waals surface area contributed by atoms with Crippen LogP contribution in [0.4, 0.5) is 4.39 Å². The standard InChI is InChI=1S/C9H10FNO/c1-6(5-11)7-3-2-4-8(10)9(7)12/h2-4,12H,1,5,11H2. The molecule has 0 aromatic heterocycles. The fraction of sp³-hybridized carbons (Fsp3) is 0.111. The molecule has 0 atom stereocenters. The molecule has 0 bridgehead atoms. The van der Waals surface area contributed by atoms with Crippen molar-refractivity contribution in [2.45, 2.75) is 0 Å². The van der Waals surface area contributed by atoms with E-state index in [1.54, 1.807) is 6.07 Å². The van der Waals surface area contributed by atoms with Gasteiger partial charge in [0.25, 0.3) is 0 Å². The van der Waals surface area contributed by atoms with Crippen LogP contribution >= 0.6 is 0 Å². The molecule has 1 aromatic rings. The minimum Gasteiger partial charge on any atom is -0.504 e. The van der Waals surface area contributed by atoms with Crippen LogP contribution in [0, 0.1) is 5.82 Å². The summed E-state index contributed by atoms with van der Waals surface area (Å²) in [5.41, 5.74) is 6.18. The van der Waals surface area contributed by atoms with Gasteiger partial charge in [-0.25, -0.2) is 4.39 Å². The molecule has 12 heavy (non-hydrogen) atoms. The number of benzene rings is 1. The van der Waals surface area contributed by atoms with Crippen molar-refractivity contribution < 1.29 is 9.50 Å². The molecular weight excluding hydrogens is 157 g/mol. The molecular formula is C9H10FNO. The van der Waals surface area contributed by atoms with Crippen molar-refractivity contribution in [1.82, 2.24) is 0 Å². The number of nitrogens with two attached hydrogens (primary N) is 1. The largest absolute Gasteiger partial charge is 0.504 e. The van der Waals surface area contributed by atoms with Crippen LogP contribution in [0.1, 0.15) is 5.56 Å². The quantitative estimate of drug-likeness (QED) is 0.701. The van der Waals surface area contributed by atoms with Crippen LogP contribution in [0.5, 0.6) is 5.75 Å². The van der Waals surface area contributed by atoms with Gasteiger partial charge in [0.15, 0.2) is 11.6 Å². The zero-order valence-electron chi connectivity index (χ0n) is 6.55. The highest BCUT2D eigenvalue weighted by Gasteiger charge is 2.07. The monoisotopic (exact) mass is 167 g/mol. The average Bonchev–Trinajstić information content (AvgIpc) is 2.08. The molecule has 1 aromatic carbocycles. The first-order chi connectivity index (χ1) is 5.66. The Morgan fingerprint density at radius 3 is 2.83 bits per heavy atom. The molecule has 0 aliphatic heterocycles. The number of halogens is 1. The Labute approximate surface area is 70.1 Å². The fourth-order valence-electron chi connectivity index (χ4n) is 0.911. The summed E-state index contributed by atoms with van der Waals surface area (Å²) >= 11 is 0. The molecule has 2 nitrogen and oxygen atoms in total. The van der Waals surface area contributed by atoms with Gasteiger partial charge in [0.1, 0.15) is 0 Å². The average molecular weight is 167 g/mol. The number of phenolic OH excluding ortho intramolecular Hbond substituents is 1. The van der Waals surface area contributed by atoms with Crippen LogP contribution in [-0.2, 0) is 0 Å². The Bertz CT molecular complexity index is 309. The van der Waals surface area contributed by atoms with Crippen molar-refractivity contribution in [3.05, 3.63) is 36.2 Å². The smallest absolute Gasteiger partial charge is 0.165 e. The summed E-state index contributed by atoms with van der Waals surface area (Å²) in [7, 11) is 0. The molecule has 0 saturated heterocycles. The SMILES string of the molecule is C=C(CN)c1cccc(F)c1O. The van der Waals surface area contributed by atoms with E-state index in [1.807, 2.05) is 0 Å². The molecule has 0 fully saturated rings. The number of para-hydroxylation sites is 1. The summed E-state index contributed by atoms with van der Waals surface area (Å²) < 4.78 is 12.7. The van der Waals surface area contributed by atoms with Gasteiger partial charge in [-0.2, -0.15) is 0 Å². The summed E-state index contributed by atoms with van der Waals surface area (Å²) in [6, 6.07) is 4.27. The topological polar surface area (TPSA) is 46.2 Å². The van der Waals surface area contributed by atoms with Gasteiger partial charge in [-0.05, 0) is 11.6 Å². The Balaban J connectivity index is 3.16. The van der Waals surface area contributed by atoms with Crippen molar-refractivity contribution in [3.8, 4) is 5.75 Å². The van der Waals surface area contributed by atoms with E-state index < -0.39 is 5.82 Å². The molecule has 0 aliphatic rings. The van der Waals surface area contributed by atoms with E-state index in [4.69, 9.17) is 5.73 Å². The molecule has 0 unspecified atom stereocenters. The number of aromatic hydroxyl groups is 1. The molecule has 1 rings (SSSR count). The lowest BCUT2D eigenvalue weighted by molar-refractivity contribution is 0.431. The molecule has 0 radical (unpaired) electrons. The van der Waals surface area contributed by atoms with E-state index in [9.17, 15) is 9.50 Å².